The van der Waals surface area contributed by atoms with Gasteiger partial charge in [-0.1, -0.05) is 6.08 Å². The monoisotopic (exact) mass is 525 g/mol. The van der Waals surface area contributed by atoms with Crippen molar-refractivity contribution < 1.29 is 29.0 Å². The van der Waals surface area contributed by atoms with Crippen LogP contribution < -0.4 is 5.32 Å². The van der Waals surface area contributed by atoms with Gasteiger partial charge >= 0.3 is 0 Å². The van der Waals surface area contributed by atoms with Gasteiger partial charge in [0.15, 0.2) is 5.82 Å². The number of halogens is 1. The van der Waals surface area contributed by atoms with Gasteiger partial charge in [-0.2, -0.15) is 5.06 Å². The molecule has 0 atom stereocenters. The molecule has 3 aromatic rings. The summed E-state index contributed by atoms with van der Waals surface area (Å²) in [5.41, 5.74) is 1.24. The number of hydrogen-bond acceptors (Lipinski definition) is 10. The SMILES string of the molecule is CC1(C(=O)N2C=CCN(O)C2)COC(c2nc(-c3ccc(F)cc3)c(-c3ccnc(NCCO)n3)[nH]2)OC1. The van der Waals surface area contributed by atoms with Crippen LogP contribution in [0.5, 0.6) is 0 Å². The zero-order valence-electron chi connectivity index (χ0n) is 20.7. The molecule has 0 bridgehead atoms. The maximum atomic E-state index is 13.6. The molecule has 13 heteroatoms. The Kier molecular flexibility index (Phi) is 7.44. The van der Waals surface area contributed by atoms with Crippen molar-refractivity contribution in [3.8, 4) is 22.6 Å². The van der Waals surface area contributed by atoms with Gasteiger partial charge in [-0.25, -0.2) is 19.3 Å². The molecule has 0 unspecified atom stereocenters. The highest BCUT2D eigenvalue weighted by atomic mass is 19.1. The van der Waals surface area contributed by atoms with E-state index < -0.39 is 11.7 Å². The molecular formula is C25H28FN7O5. The van der Waals surface area contributed by atoms with Crippen molar-refractivity contribution >= 4 is 11.9 Å². The highest BCUT2D eigenvalue weighted by Gasteiger charge is 2.43. The van der Waals surface area contributed by atoms with Gasteiger partial charge in [0.2, 0.25) is 18.1 Å². The summed E-state index contributed by atoms with van der Waals surface area (Å²) in [5.74, 6) is 0.0726. The van der Waals surface area contributed by atoms with Crippen LogP contribution in [-0.4, -0.2) is 85.7 Å². The first-order valence-electron chi connectivity index (χ1n) is 12.0. The van der Waals surface area contributed by atoms with Gasteiger partial charge in [0.05, 0.1) is 42.3 Å². The Hall–Kier alpha value is -3.75. The molecule has 2 aliphatic heterocycles. The summed E-state index contributed by atoms with van der Waals surface area (Å²) < 4.78 is 25.5. The molecule has 1 amide bonds. The van der Waals surface area contributed by atoms with E-state index in [0.717, 1.165) is 5.06 Å². The Bertz CT molecular complexity index is 1310. The number of nitrogens with zero attached hydrogens (tertiary/aromatic N) is 5. The zero-order chi connectivity index (χ0) is 26.7. The van der Waals surface area contributed by atoms with Crippen LogP contribution in [0.25, 0.3) is 22.6 Å². The smallest absolute Gasteiger partial charge is 0.238 e. The van der Waals surface area contributed by atoms with Crippen molar-refractivity contribution in [1.29, 1.82) is 0 Å². The van der Waals surface area contributed by atoms with Gasteiger partial charge in [-0.3, -0.25) is 4.79 Å². The van der Waals surface area contributed by atoms with E-state index in [1.165, 1.54) is 17.0 Å². The summed E-state index contributed by atoms with van der Waals surface area (Å²) in [4.78, 5) is 31.1. The number of ether oxygens (including phenoxy) is 2. The first kappa shape index (κ1) is 25.9. The molecule has 4 N–H and O–H groups in total. The van der Waals surface area contributed by atoms with Gasteiger partial charge in [0.25, 0.3) is 0 Å². The third-order valence-corrected chi connectivity index (χ3v) is 6.17. The first-order chi connectivity index (χ1) is 18.4. The second kappa shape index (κ2) is 10.9. The molecule has 5 rings (SSSR count). The van der Waals surface area contributed by atoms with Gasteiger partial charge in [-0.15, -0.1) is 0 Å². The number of hydrogen-bond donors (Lipinski definition) is 4. The molecule has 0 saturated carbocycles. The van der Waals surface area contributed by atoms with Crippen LogP contribution in [0.15, 0.2) is 48.8 Å². The third-order valence-electron chi connectivity index (χ3n) is 6.17. The van der Waals surface area contributed by atoms with E-state index >= 15 is 0 Å². The van der Waals surface area contributed by atoms with Gasteiger partial charge in [-0.05, 0) is 37.3 Å². The number of carbonyl (C=O) groups excluding carboxylic acids is 1. The second-order valence-corrected chi connectivity index (χ2v) is 9.27. The Morgan fingerprint density at radius 3 is 2.71 bits per heavy atom. The number of aromatic nitrogens is 4. The summed E-state index contributed by atoms with van der Waals surface area (Å²) in [6.07, 6.45) is 4.02. The van der Waals surface area contributed by atoms with Gasteiger partial charge < -0.3 is 35.0 Å². The van der Waals surface area contributed by atoms with Gasteiger partial charge in [0.1, 0.15) is 12.5 Å². The second-order valence-electron chi connectivity index (χ2n) is 9.27. The normalized spacial score (nSPS) is 22.0. The average Bonchev–Trinajstić information content (AvgIpc) is 3.38. The fraction of sp³-hybridized carbons (Fsp3) is 0.360. The number of carbonyl (C=O) groups is 1. The minimum Gasteiger partial charge on any atom is -0.395 e. The van der Waals surface area contributed by atoms with Gasteiger partial charge in [0, 0.05) is 31.0 Å². The molecule has 2 aromatic heterocycles. The number of amides is 1. The molecule has 0 aliphatic carbocycles. The summed E-state index contributed by atoms with van der Waals surface area (Å²) in [6, 6.07) is 7.60. The lowest BCUT2D eigenvalue weighted by atomic mass is 9.90. The standard InChI is InChI=1S/C25H28FN7O5/c1-25(23(35)32-10-2-11-33(36)15-32)13-37-22(38-14-25)21-30-19(16-3-5-17(26)6-4-16)20(31-21)18-7-8-27-24(29-18)28-9-12-34/h2-8,10,22,34,36H,9,11-15H2,1H3,(H,30,31)(H,27,28,29). The van der Waals surface area contributed by atoms with E-state index in [1.807, 2.05) is 0 Å². The number of aromatic amines is 1. The lowest BCUT2D eigenvalue weighted by Gasteiger charge is -2.39. The summed E-state index contributed by atoms with van der Waals surface area (Å²) in [6.45, 7) is 2.49. The molecule has 0 radical (unpaired) electrons. The molecule has 38 heavy (non-hydrogen) atoms. The number of anilines is 1. The number of H-pyrrole nitrogens is 1. The van der Waals surface area contributed by atoms with Crippen molar-refractivity contribution in [1.82, 2.24) is 29.9 Å². The average molecular weight is 526 g/mol. The van der Waals surface area contributed by atoms with E-state index in [2.05, 4.69) is 20.3 Å². The number of hydroxylamine groups is 2. The quantitative estimate of drug-likeness (QED) is 0.361. The van der Waals surface area contributed by atoms with Crippen LogP contribution in [0.1, 0.15) is 19.0 Å². The molecule has 1 aromatic carbocycles. The molecule has 1 fully saturated rings. The zero-order valence-corrected chi connectivity index (χ0v) is 20.7. The first-order valence-corrected chi connectivity index (χ1v) is 12.0. The summed E-state index contributed by atoms with van der Waals surface area (Å²) in [5, 5.41) is 22.8. The van der Waals surface area contributed by atoms with E-state index in [9.17, 15) is 14.4 Å². The summed E-state index contributed by atoms with van der Waals surface area (Å²) >= 11 is 0. The number of imidazole rings is 1. The number of nitrogens with one attached hydrogen (secondary N) is 2. The van der Waals surface area contributed by atoms with Crippen LogP contribution in [-0.2, 0) is 14.3 Å². The fourth-order valence-electron chi connectivity index (χ4n) is 4.20. The van der Waals surface area contributed by atoms with Crippen molar-refractivity contribution in [2.24, 2.45) is 5.41 Å². The van der Waals surface area contributed by atoms with Crippen LogP contribution in [0.4, 0.5) is 10.3 Å². The lowest BCUT2D eigenvalue weighted by molar-refractivity contribution is -0.235. The lowest BCUT2D eigenvalue weighted by Crippen LogP contribution is -2.51. The highest BCUT2D eigenvalue weighted by Crippen LogP contribution is 2.36. The Morgan fingerprint density at radius 1 is 1.24 bits per heavy atom. The predicted octanol–water partition coefficient (Wildman–Crippen LogP) is 2.13. The Labute approximate surface area is 217 Å². The molecule has 12 nitrogen and oxygen atoms in total. The minimum atomic E-state index is -0.964. The molecule has 0 spiro atoms. The topological polar surface area (TPSA) is 149 Å². The van der Waals surface area contributed by atoms with Crippen LogP contribution in [0, 0.1) is 11.2 Å². The number of benzene rings is 1. The molecular weight excluding hydrogens is 497 g/mol. The van der Waals surface area contributed by atoms with Crippen LogP contribution in [0.2, 0.25) is 0 Å². The van der Waals surface area contributed by atoms with Crippen molar-refractivity contribution in [2.45, 2.75) is 13.2 Å². The highest BCUT2D eigenvalue weighted by molar-refractivity contribution is 5.83. The molecule has 2 aliphatic rings. The largest absolute Gasteiger partial charge is 0.395 e. The van der Waals surface area contributed by atoms with Crippen LogP contribution in [0.3, 0.4) is 0 Å². The Balaban J connectivity index is 1.40. The van der Waals surface area contributed by atoms with Crippen molar-refractivity contribution in [2.75, 3.05) is 44.9 Å². The van der Waals surface area contributed by atoms with Crippen LogP contribution >= 0.6 is 0 Å². The number of aliphatic hydroxyl groups excluding tert-OH is 1. The third kappa shape index (κ3) is 5.42. The van der Waals surface area contributed by atoms with Crippen molar-refractivity contribution in [3.05, 3.63) is 60.4 Å². The van der Waals surface area contributed by atoms with Crippen molar-refractivity contribution in [3.63, 3.8) is 0 Å². The molecule has 200 valence electrons. The molecule has 4 heterocycles. The van der Waals surface area contributed by atoms with E-state index in [4.69, 9.17) is 19.6 Å². The summed E-state index contributed by atoms with van der Waals surface area (Å²) in [7, 11) is 0. The number of aliphatic hydroxyl groups is 1. The van der Waals surface area contributed by atoms with E-state index in [0.29, 0.717) is 41.0 Å². The maximum absolute atomic E-state index is 13.6. The molecule has 1 saturated heterocycles. The van der Waals surface area contributed by atoms with E-state index in [-0.39, 0.29) is 44.8 Å². The Morgan fingerprint density at radius 2 is 2.00 bits per heavy atom. The number of rotatable bonds is 7. The maximum Gasteiger partial charge on any atom is 0.238 e. The minimum absolute atomic E-state index is 0.0605. The van der Waals surface area contributed by atoms with E-state index in [1.54, 1.807) is 43.6 Å². The fourth-order valence-corrected chi connectivity index (χ4v) is 4.20. The predicted molar refractivity (Wildman–Crippen MR) is 133 cm³/mol.